The van der Waals surface area contributed by atoms with Gasteiger partial charge in [-0.25, -0.2) is 0 Å². The lowest BCUT2D eigenvalue weighted by atomic mass is 10.1. The number of benzene rings is 1. The summed E-state index contributed by atoms with van der Waals surface area (Å²) in [6.45, 7) is 4.31. The summed E-state index contributed by atoms with van der Waals surface area (Å²) in [5.41, 5.74) is 2.30. The Labute approximate surface area is 158 Å². The van der Waals surface area contributed by atoms with Crippen LogP contribution in [0.5, 0.6) is 5.75 Å². The number of phenolic OH excluding ortho intramolecular Hbond substituents is 1. The van der Waals surface area contributed by atoms with Gasteiger partial charge >= 0.3 is 0 Å². The first-order valence-corrected chi connectivity index (χ1v) is 8.63. The Morgan fingerprint density at radius 1 is 1.35 bits per heavy atom. The maximum Gasteiger partial charge on any atom is 0.270 e. The fourth-order valence-corrected chi connectivity index (χ4v) is 2.90. The van der Waals surface area contributed by atoms with E-state index in [0.717, 1.165) is 5.69 Å². The molecule has 2 heterocycles. The number of hydrogen-bond donors (Lipinski definition) is 4. The van der Waals surface area contributed by atoms with Gasteiger partial charge in [0.25, 0.3) is 5.91 Å². The highest BCUT2D eigenvalue weighted by Gasteiger charge is 2.18. The minimum absolute atomic E-state index is 0.109. The van der Waals surface area contributed by atoms with Crippen molar-refractivity contribution in [2.24, 2.45) is 7.05 Å². The SMILES string of the molecule is C=C(Nc1n[nH]c(C(=O)NCc2cccn2C)c1Br)c1ccccc1O. The highest BCUT2D eigenvalue weighted by Crippen LogP contribution is 2.29. The van der Waals surface area contributed by atoms with Gasteiger partial charge in [-0.3, -0.25) is 9.89 Å². The molecule has 0 unspecified atom stereocenters. The van der Waals surface area contributed by atoms with Gasteiger partial charge in [0.15, 0.2) is 5.82 Å². The van der Waals surface area contributed by atoms with Crippen molar-refractivity contribution in [3.8, 4) is 5.75 Å². The number of nitrogens with zero attached hydrogens (tertiary/aromatic N) is 2. The number of aromatic nitrogens is 3. The van der Waals surface area contributed by atoms with Crippen LogP contribution in [-0.4, -0.2) is 25.8 Å². The summed E-state index contributed by atoms with van der Waals surface area (Å²) in [5, 5.41) is 22.5. The highest BCUT2D eigenvalue weighted by molar-refractivity contribution is 9.10. The van der Waals surface area contributed by atoms with Gasteiger partial charge in [-0.2, -0.15) is 5.10 Å². The molecule has 0 saturated carbocycles. The van der Waals surface area contributed by atoms with E-state index in [1.807, 2.05) is 29.9 Å². The molecule has 0 aliphatic carbocycles. The van der Waals surface area contributed by atoms with Gasteiger partial charge in [0.1, 0.15) is 11.4 Å². The minimum atomic E-state index is -0.285. The van der Waals surface area contributed by atoms with Crippen LogP contribution in [0.15, 0.2) is 53.6 Å². The van der Waals surface area contributed by atoms with Crippen molar-refractivity contribution in [2.75, 3.05) is 5.32 Å². The molecule has 0 spiro atoms. The molecule has 0 aliphatic rings. The number of H-pyrrole nitrogens is 1. The zero-order chi connectivity index (χ0) is 18.7. The summed E-state index contributed by atoms with van der Waals surface area (Å²) in [5.74, 6) is 0.228. The third-order valence-electron chi connectivity index (χ3n) is 3.91. The second-order valence-electron chi connectivity index (χ2n) is 5.68. The van der Waals surface area contributed by atoms with Crippen molar-refractivity contribution >= 4 is 33.4 Å². The number of halogens is 1. The molecule has 3 aromatic rings. The Bertz CT molecular complexity index is 960. The first kappa shape index (κ1) is 17.8. The third kappa shape index (κ3) is 3.65. The molecule has 2 aromatic heterocycles. The fourth-order valence-electron chi connectivity index (χ4n) is 2.44. The minimum Gasteiger partial charge on any atom is -0.507 e. The summed E-state index contributed by atoms with van der Waals surface area (Å²) in [6, 6.07) is 10.7. The van der Waals surface area contributed by atoms with Crippen LogP contribution in [0.4, 0.5) is 5.82 Å². The molecule has 7 nitrogen and oxygen atoms in total. The first-order valence-electron chi connectivity index (χ1n) is 7.84. The zero-order valence-electron chi connectivity index (χ0n) is 14.1. The number of aromatic hydroxyl groups is 1. The Morgan fingerprint density at radius 3 is 2.81 bits per heavy atom. The Kier molecular flexibility index (Phi) is 5.13. The van der Waals surface area contributed by atoms with Gasteiger partial charge in [-0.1, -0.05) is 18.7 Å². The maximum atomic E-state index is 12.4. The number of rotatable bonds is 6. The third-order valence-corrected chi connectivity index (χ3v) is 4.69. The van der Waals surface area contributed by atoms with Crippen molar-refractivity contribution in [1.82, 2.24) is 20.1 Å². The van der Waals surface area contributed by atoms with Gasteiger partial charge < -0.3 is 20.3 Å². The lowest BCUT2D eigenvalue weighted by molar-refractivity contribution is 0.0944. The largest absolute Gasteiger partial charge is 0.507 e. The number of carbonyl (C=O) groups is 1. The molecule has 4 N–H and O–H groups in total. The average molecular weight is 416 g/mol. The number of carbonyl (C=O) groups excluding carboxylic acids is 1. The second kappa shape index (κ2) is 7.49. The van der Waals surface area contributed by atoms with Crippen LogP contribution in [0.1, 0.15) is 21.7 Å². The lowest BCUT2D eigenvalue weighted by Gasteiger charge is -2.09. The molecular weight excluding hydrogens is 398 g/mol. The normalized spacial score (nSPS) is 10.5. The molecular formula is C18H18BrN5O2. The number of hydrogen-bond acceptors (Lipinski definition) is 4. The van der Waals surface area contributed by atoms with Crippen LogP contribution in [0.2, 0.25) is 0 Å². The van der Waals surface area contributed by atoms with E-state index in [4.69, 9.17) is 0 Å². The predicted octanol–water partition coefficient (Wildman–Crippen LogP) is 3.23. The van der Waals surface area contributed by atoms with E-state index >= 15 is 0 Å². The van der Waals surface area contributed by atoms with Crippen LogP contribution >= 0.6 is 15.9 Å². The van der Waals surface area contributed by atoms with Crippen molar-refractivity contribution < 1.29 is 9.90 Å². The molecule has 3 rings (SSSR count). The van der Waals surface area contributed by atoms with Crippen LogP contribution in [0, 0.1) is 0 Å². The number of aryl methyl sites for hydroxylation is 1. The first-order chi connectivity index (χ1) is 12.5. The molecule has 0 bridgehead atoms. The van der Waals surface area contributed by atoms with Gasteiger partial charge in [0.05, 0.1) is 11.0 Å². The Hall–Kier alpha value is -3.00. The van der Waals surface area contributed by atoms with Gasteiger partial charge in [0.2, 0.25) is 0 Å². The maximum absolute atomic E-state index is 12.4. The zero-order valence-corrected chi connectivity index (χ0v) is 15.7. The number of nitrogens with one attached hydrogen (secondary N) is 3. The van der Waals surface area contributed by atoms with Crippen molar-refractivity contribution in [1.29, 1.82) is 0 Å². The lowest BCUT2D eigenvalue weighted by Crippen LogP contribution is -2.24. The standard InChI is InChI=1S/C18H18BrN5O2/c1-11(13-7-3-4-8-14(13)25)21-17-15(19)16(22-23-17)18(26)20-10-12-6-5-9-24(12)2/h3-9,25H,1,10H2,2H3,(H,20,26)(H2,21,22,23). The summed E-state index contributed by atoms with van der Waals surface area (Å²) in [7, 11) is 1.92. The molecule has 0 saturated heterocycles. The van der Waals surface area contributed by atoms with E-state index in [2.05, 4.69) is 43.3 Å². The number of amides is 1. The summed E-state index contributed by atoms with van der Waals surface area (Å²) in [6.07, 6.45) is 1.92. The fraction of sp³-hybridized carbons (Fsp3) is 0.111. The van der Waals surface area contributed by atoms with E-state index in [9.17, 15) is 9.90 Å². The van der Waals surface area contributed by atoms with Crippen LogP contribution in [0.3, 0.4) is 0 Å². The van der Waals surface area contributed by atoms with Crippen LogP contribution in [-0.2, 0) is 13.6 Å². The predicted molar refractivity (Wildman–Crippen MR) is 104 cm³/mol. The van der Waals surface area contributed by atoms with Crippen molar-refractivity contribution in [3.05, 3.63) is 70.6 Å². The molecule has 134 valence electrons. The quantitative estimate of drug-likeness (QED) is 0.496. The number of phenols is 1. The Morgan fingerprint density at radius 2 is 2.12 bits per heavy atom. The molecule has 0 aliphatic heterocycles. The smallest absolute Gasteiger partial charge is 0.270 e. The van der Waals surface area contributed by atoms with Crippen LogP contribution in [0.25, 0.3) is 5.70 Å². The molecule has 0 fully saturated rings. The highest BCUT2D eigenvalue weighted by atomic mass is 79.9. The van der Waals surface area contributed by atoms with Gasteiger partial charge in [0, 0.05) is 30.2 Å². The molecule has 0 radical (unpaired) electrons. The summed E-state index contributed by atoms with van der Waals surface area (Å²) >= 11 is 3.38. The van der Waals surface area contributed by atoms with Crippen molar-refractivity contribution in [2.45, 2.75) is 6.54 Å². The topological polar surface area (TPSA) is 95.0 Å². The Balaban J connectivity index is 1.69. The van der Waals surface area contributed by atoms with Crippen molar-refractivity contribution in [3.63, 3.8) is 0 Å². The number of anilines is 1. The molecule has 0 atom stereocenters. The van der Waals surface area contributed by atoms with E-state index in [1.165, 1.54) is 0 Å². The van der Waals surface area contributed by atoms with E-state index in [0.29, 0.717) is 33.8 Å². The molecule has 1 aromatic carbocycles. The number of aromatic amines is 1. The van der Waals surface area contributed by atoms with Crippen LogP contribution < -0.4 is 10.6 Å². The molecule has 1 amide bonds. The van der Waals surface area contributed by atoms with E-state index in [-0.39, 0.29) is 11.7 Å². The molecule has 26 heavy (non-hydrogen) atoms. The number of para-hydroxylation sites is 1. The van der Waals surface area contributed by atoms with E-state index < -0.39 is 0 Å². The molecule has 8 heteroatoms. The van der Waals surface area contributed by atoms with Gasteiger partial charge in [-0.05, 0) is 40.2 Å². The monoisotopic (exact) mass is 415 g/mol. The van der Waals surface area contributed by atoms with Gasteiger partial charge in [-0.15, -0.1) is 0 Å². The van der Waals surface area contributed by atoms with E-state index in [1.54, 1.807) is 24.3 Å². The summed E-state index contributed by atoms with van der Waals surface area (Å²) in [4.78, 5) is 12.4. The summed E-state index contributed by atoms with van der Waals surface area (Å²) < 4.78 is 2.42. The second-order valence-corrected chi connectivity index (χ2v) is 6.47. The average Bonchev–Trinajstić information content (AvgIpc) is 3.19.